The zero-order valence-electron chi connectivity index (χ0n) is 23.3. The van der Waals surface area contributed by atoms with E-state index in [-0.39, 0.29) is 18.4 Å². The molecule has 9 heteroatoms. The van der Waals surface area contributed by atoms with Crippen molar-refractivity contribution in [1.29, 1.82) is 0 Å². The van der Waals surface area contributed by atoms with Crippen LogP contribution in [0.15, 0.2) is 48.1 Å². The van der Waals surface area contributed by atoms with Crippen LogP contribution < -0.4 is 4.74 Å². The Hall–Kier alpha value is -2.49. The van der Waals surface area contributed by atoms with Crippen molar-refractivity contribution < 1.29 is 37.4 Å². The number of aliphatic hydroxyl groups excluding tert-OH is 1. The maximum atomic E-state index is 17.7. The van der Waals surface area contributed by atoms with E-state index >= 15 is 8.78 Å². The lowest BCUT2D eigenvalue weighted by atomic mass is 9.39. The summed E-state index contributed by atoms with van der Waals surface area (Å²) in [7, 11) is 1.58. The van der Waals surface area contributed by atoms with Gasteiger partial charge in [0.25, 0.3) is 0 Å². The largest absolute Gasteiger partial charge is 0.497 e. The van der Waals surface area contributed by atoms with Gasteiger partial charge in [-0.15, -0.1) is 0 Å². The summed E-state index contributed by atoms with van der Waals surface area (Å²) in [6.45, 7) is 4.55. The third-order valence-electron chi connectivity index (χ3n) is 11.5. The average Bonchev–Trinajstić information content (AvgIpc) is 3.37. The molecule has 3 saturated carbocycles. The number of halogens is 3. The fraction of sp³-hybridized carbons (Fsp3) is 0.613. The van der Waals surface area contributed by atoms with Gasteiger partial charge in [0.1, 0.15) is 11.9 Å². The van der Waals surface area contributed by atoms with Gasteiger partial charge >= 0.3 is 0 Å². The number of rotatable bonds is 5. The maximum Gasteiger partial charge on any atom is 0.198 e. The second-order valence-electron chi connectivity index (χ2n) is 13.0. The molecule has 1 aliphatic heterocycles. The van der Waals surface area contributed by atoms with E-state index in [9.17, 15) is 19.1 Å². The van der Waals surface area contributed by atoms with Crippen LogP contribution >= 0.6 is 0 Å². The summed E-state index contributed by atoms with van der Waals surface area (Å²) in [4.78, 5) is 32.2. The van der Waals surface area contributed by atoms with Crippen LogP contribution in [0, 0.1) is 28.1 Å². The predicted molar refractivity (Wildman–Crippen MR) is 140 cm³/mol. The molecule has 4 aliphatic carbocycles. The number of methoxy groups -OCH3 is 1. The highest BCUT2D eigenvalue weighted by molar-refractivity contribution is 6.01. The molecule has 216 valence electrons. The minimum atomic E-state index is -2.30. The van der Waals surface area contributed by atoms with Crippen molar-refractivity contribution in [3.63, 3.8) is 0 Å². The number of hydroxylamine groups is 2. The molecule has 0 radical (unpaired) electrons. The highest BCUT2D eigenvalue weighted by Crippen LogP contribution is 2.77. The molecule has 6 nitrogen and oxygen atoms in total. The van der Waals surface area contributed by atoms with Gasteiger partial charge < -0.3 is 9.84 Å². The molecular formula is C31H36F3NO5. The molecule has 1 saturated heterocycles. The zero-order valence-corrected chi connectivity index (χ0v) is 23.3. The van der Waals surface area contributed by atoms with Crippen LogP contribution in [0.3, 0.4) is 0 Å². The second-order valence-corrected chi connectivity index (χ2v) is 13.0. The van der Waals surface area contributed by atoms with E-state index in [1.165, 1.54) is 12.2 Å². The van der Waals surface area contributed by atoms with Crippen LogP contribution in [0.5, 0.6) is 5.75 Å². The summed E-state index contributed by atoms with van der Waals surface area (Å²) in [6.07, 6.45) is 0.479. The lowest BCUT2D eigenvalue weighted by Gasteiger charge is -2.67. The number of carbonyl (C=O) groups is 2. The van der Waals surface area contributed by atoms with Gasteiger partial charge in [-0.05, 0) is 67.0 Å². The Bertz CT molecular complexity index is 1320. The molecule has 1 aromatic carbocycles. The Labute approximate surface area is 232 Å². The molecule has 0 spiro atoms. The molecule has 0 bridgehead atoms. The molecule has 0 unspecified atom stereocenters. The molecule has 4 fully saturated rings. The Kier molecular flexibility index (Phi) is 6.06. The number of ether oxygens (including phenoxy) is 1. The SMILES string of the molecule is COc1ccc(CN2C[C@@H]3C[C@@]4(C)[C@@H]5C[C@H](F)C6=CC(=O)C=C[C@]6(C)[C@@]5(F)[C@@H](O)C[C@]4(C)[C@]3(C(=O)CF)O2)cc1. The highest BCUT2D eigenvalue weighted by atomic mass is 19.1. The van der Waals surface area contributed by atoms with Gasteiger partial charge in [-0.25, -0.2) is 13.2 Å². The molecule has 9 atom stereocenters. The number of nitrogens with zero attached hydrogens (tertiary/aromatic N) is 1. The first kappa shape index (κ1) is 27.7. The number of fused-ring (bicyclic) bond motifs is 7. The molecule has 1 heterocycles. The van der Waals surface area contributed by atoms with Gasteiger partial charge in [-0.1, -0.05) is 32.1 Å². The zero-order chi connectivity index (χ0) is 28.9. The standard InChI is InChI=1S/C31H36F3NO5/c1-27-10-9-20(36)11-22(27)23(33)12-24-28(2)13-19-17-35(16-18-5-7-21(39-4)8-6-18)40-31(19,26(38)15-32)29(28,3)14-25(37)30(24,27)34/h5-11,19,23-25,37H,12-17H2,1-4H3/t19-,23-,24-,25-,27-,28-,29-,30-,31-/m0/s1. The average molecular weight is 560 g/mol. The summed E-state index contributed by atoms with van der Waals surface area (Å²) in [6, 6.07) is 7.40. The molecule has 1 aromatic rings. The third-order valence-corrected chi connectivity index (χ3v) is 11.5. The van der Waals surface area contributed by atoms with E-state index in [1.54, 1.807) is 26.0 Å². The fourth-order valence-corrected chi connectivity index (χ4v) is 9.40. The van der Waals surface area contributed by atoms with Gasteiger partial charge in [0.15, 0.2) is 29.5 Å². The summed E-state index contributed by atoms with van der Waals surface area (Å²) < 4.78 is 53.1. The van der Waals surface area contributed by atoms with Gasteiger partial charge in [0.05, 0.1) is 13.2 Å². The van der Waals surface area contributed by atoms with E-state index < -0.39 is 69.9 Å². The molecular weight excluding hydrogens is 523 g/mol. The fourth-order valence-electron chi connectivity index (χ4n) is 9.40. The second kappa shape index (κ2) is 8.76. The van der Waals surface area contributed by atoms with Crippen molar-refractivity contribution in [2.75, 3.05) is 20.3 Å². The minimum absolute atomic E-state index is 0.0414. The van der Waals surface area contributed by atoms with Crippen LogP contribution in [-0.2, 0) is 21.0 Å². The van der Waals surface area contributed by atoms with Gasteiger partial charge in [-0.3, -0.25) is 14.4 Å². The first-order valence-corrected chi connectivity index (χ1v) is 13.9. The van der Waals surface area contributed by atoms with Crippen molar-refractivity contribution in [1.82, 2.24) is 5.06 Å². The highest BCUT2D eigenvalue weighted by Gasteiger charge is 2.83. The van der Waals surface area contributed by atoms with Gasteiger partial charge in [0.2, 0.25) is 0 Å². The number of aliphatic hydroxyl groups is 1. The van der Waals surface area contributed by atoms with E-state index in [2.05, 4.69) is 0 Å². The number of carbonyl (C=O) groups excluding carboxylic acids is 2. The number of allylic oxidation sites excluding steroid dienone is 4. The Balaban J connectivity index is 1.41. The van der Waals surface area contributed by atoms with Gasteiger partial charge in [0, 0.05) is 35.8 Å². The third kappa shape index (κ3) is 3.17. The minimum Gasteiger partial charge on any atom is -0.497 e. The van der Waals surface area contributed by atoms with Gasteiger partial charge in [-0.2, -0.15) is 5.06 Å². The van der Waals surface area contributed by atoms with Crippen LogP contribution in [0.1, 0.15) is 45.6 Å². The molecule has 1 N–H and O–H groups in total. The number of Topliss-reactive ketones (excluding diaryl/α,β-unsaturated/α-hetero) is 1. The number of hydrogen-bond acceptors (Lipinski definition) is 6. The number of benzene rings is 1. The van der Waals surface area contributed by atoms with E-state index in [0.29, 0.717) is 25.3 Å². The lowest BCUT2D eigenvalue weighted by Crippen LogP contribution is -2.73. The number of ketones is 2. The first-order chi connectivity index (χ1) is 18.8. The van der Waals surface area contributed by atoms with Crippen molar-refractivity contribution >= 4 is 11.6 Å². The summed E-state index contributed by atoms with van der Waals surface area (Å²) in [5, 5.41) is 13.3. The molecule has 0 aromatic heterocycles. The Morgan fingerprint density at radius 3 is 2.55 bits per heavy atom. The van der Waals surface area contributed by atoms with Crippen molar-refractivity contribution in [2.45, 2.75) is 70.1 Å². The molecule has 6 rings (SSSR count). The summed E-state index contributed by atoms with van der Waals surface area (Å²) in [5.41, 5.74) is -6.71. The monoisotopic (exact) mass is 559 g/mol. The van der Waals surface area contributed by atoms with Crippen LogP contribution in [0.25, 0.3) is 0 Å². The predicted octanol–water partition coefficient (Wildman–Crippen LogP) is 4.65. The van der Waals surface area contributed by atoms with E-state index in [1.807, 2.05) is 31.2 Å². The van der Waals surface area contributed by atoms with Crippen molar-refractivity contribution in [2.24, 2.45) is 28.1 Å². The van der Waals surface area contributed by atoms with Crippen LogP contribution in [0.4, 0.5) is 13.2 Å². The maximum absolute atomic E-state index is 17.7. The van der Waals surface area contributed by atoms with E-state index in [0.717, 1.165) is 11.6 Å². The Morgan fingerprint density at radius 1 is 1.20 bits per heavy atom. The van der Waals surface area contributed by atoms with Crippen LogP contribution in [0.2, 0.25) is 0 Å². The Morgan fingerprint density at radius 2 is 1.90 bits per heavy atom. The van der Waals surface area contributed by atoms with E-state index in [4.69, 9.17) is 9.57 Å². The quantitative estimate of drug-likeness (QED) is 0.566. The van der Waals surface area contributed by atoms with Crippen molar-refractivity contribution in [3.8, 4) is 5.75 Å². The van der Waals surface area contributed by atoms with Crippen molar-refractivity contribution in [3.05, 3.63) is 53.6 Å². The van der Waals surface area contributed by atoms with Crippen LogP contribution in [-0.4, -0.2) is 65.6 Å². The number of alkyl halides is 3. The molecule has 0 amide bonds. The molecule has 40 heavy (non-hydrogen) atoms. The topological polar surface area (TPSA) is 76.1 Å². The normalized spacial score (nSPS) is 45.8. The first-order valence-electron chi connectivity index (χ1n) is 13.9. The number of hydrogen-bond donors (Lipinski definition) is 1. The molecule has 5 aliphatic rings. The lowest BCUT2D eigenvalue weighted by molar-refractivity contribution is -0.288. The smallest absolute Gasteiger partial charge is 0.198 e. The summed E-state index contributed by atoms with van der Waals surface area (Å²) in [5.74, 6) is -1.93. The summed E-state index contributed by atoms with van der Waals surface area (Å²) >= 11 is 0.